The van der Waals surface area contributed by atoms with Crippen molar-refractivity contribution in [3.8, 4) is 0 Å². The van der Waals surface area contributed by atoms with Crippen LogP contribution < -0.4 is 12.4 Å². The van der Waals surface area contributed by atoms with Gasteiger partial charge in [0.2, 0.25) is 0 Å². The molecular formula is ClMoO2. The van der Waals surface area contributed by atoms with Gasteiger partial charge >= 0.3 is 25.3 Å². The molecule has 0 aromatic rings. The zero-order valence-electron chi connectivity index (χ0n) is 1.60. The van der Waals surface area contributed by atoms with Gasteiger partial charge in [-0.3, -0.25) is 0 Å². The van der Waals surface area contributed by atoms with Crippen LogP contribution in [-0.2, 0) is 25.3 Å². The molecule has 0 heterocycles. The van der Waals surface area contributed by atoms with Gasteiger partial charge in [0.1, 0.15) is 0 Å². The Labute approximate surface area is 38.1 Å². The molecule has 2 nitrogen and oxygen atoms in total. The van der Waals surface area contributed by atoms with Gasteiger partial charge in [-0.2, -0.15) is 0 Å². The van der Waals surface area contributed by atoms with Crippen molar-refractivity contribution in [3.05, 3.63) is 0 Å². The second kappa shape index (κ2) is 9.55. The van der Waals surface area contributed by atoms with Gasteiger partial charge in [-0.15, -0.1) is 0 Å². The van der Waals surface area contributed by atoms with Crippen LogP contribution >= 0.6 is 0 Å². The summed E-state index contributed by atoms with van der Waals surface area (Å²) in [5.74, 6) is 0. The fraction of sp³-hybridized carbons (Fsp3) is 0. The summed E-state index contributed by atoms with van der Waals surface area (Å²) in [6.07, 6.45) is 0. The number of rotatable bonds is 0. The van der Waals surface area contributed by atoms with Crippen molar-refractivity contribution in [2.75, 3.05) is 0 Å². The first-order valence-electron chi connectivity index (χ1n) is 0.333. The Kier molecular flexibility index (Phi) is 21.1. The molecule has 0 aliphatic rings. The van der Waals surface area contributed by atoms with E-state index in [1.165, 1.54) is 0 Å². The normalized spacial score (nSPS) is 2.00. The van der Waals surface area contributed by atoms with Crippen LogP contribution in [0.25, 0.3) is 0 Å². The first-order valence-corrected chi connectivity index (χ1v) is 1.97. The molecule has 0 spiro atoms. The van der Waals surface area contributed by atoms with Crippen molar-refractivity contribution < 1.29 is 37.7 Å². The maximum atomic E-state index is 8.50. The average molecular weight is 163 g/mol. The molecule has 0 aliphatic heterocycles. The zero-order valence-corrected chi connectivity index (χ0v) is 4.37. The van der Waals surface area contributed by atoms with E-state index in [-0.39, 0.29) is 12.4 Å². The molecule has 25 valence electrons. The van der Waals surface area contributed by atoms with Crippen LogP contribution in [0, 0.1) is 0 Å². The molecule has 0 fully saturated rings. The molecule has 0 saturated carbocycles. The van der Waals surface area contributed by atoms with E-state index in [4.69, 9.17) is 6.80 Å². The van der Waals surface area contributed by atoms with Gasteiger partial charge in [0.25, 0.3) is 0 Å². The number of hydrogen-bond acceptors (Lipinski definition) is 2. The van der Waals surface area contributed by atoms with Crippen molar-refractivity contribution >= 4 is 0 Å². The molecule has 0 amide bonds. The Morgan fingerprint density at radius 2 is 1.25 bits per heavy atom. The molecular weight excluding hydrogens is 163 g/mol. The summed E-state index contributed by atoms with van der Waals surface area (Å²) in [6.45, 7) is 0. The SMILES string of the molecule is [Cl-].[O]=[Mo+]=[O]. The standard InChI is InChI=1S/ClH.Mo.2O/h1H;;;/q;+1;;/p-1. The molecule has 0 radical (unpaired) electrons. The Balaban J connectivity index is 0. The molecule has 4 heteroatoms. The predicted octanol–water partition coefficient (Wildman–Crippen LogP) is -3.24. The minimum absolute atomic E-state index is 0. The first-order chi connectivity index (χ1) is 1.41. The monoisotopic (exact) mass is 165 g/mol. The maximum absolute atomic E-state index is 8.50. The molecule has 0 atom stereocenters. The van der Waals surface area contributed by atoms with Crippen LogP contribution in [0.5, 0.6) is 0 Å². The van der Waals surface area contributed by atoms with E-state index in [0.29, 0.717) is 0 Å². The van der Waals surface area contributed by atoms with E-state index in [2.05, 4.69) is 0 Å². The summed E-state index contributed by atoms with van der Waals surface area (Å²) >= 11 is -2.03. The summed E-state index contributed by atoms with van der Waals surface area (Å²) in [6, 6.07) is 0. The first kappa shape index (κ1) is 8.82. The minimum atomic E-state index is -2.03. The van der Waals surface area contributed by atoms with Crippen molar-refractivity contribution in [1.29, 1.82) is 0 Å². The third kappa shape index (κ3) is 19.2. The van der Waals surface area contributed by atoms with E-state index in [1.807, 2.05) is 0 Å². The molecule has 0 rings (SSSR count). The van der Waals surface area contributed by atoms with Gasteiger partial charge in [-0.25, -0.2) is 0 Å². The second-order valence-corrected chi connectivity index (χ2v) is 0.403. The summed E-state index contributed by atoms with van der Waals surface area (Å²) < 4.78 is 17.0. The number of hydrogen-bond donors (Lipinski definition) is 0. The van der Waals surface area contributed by atoms with Gasteiger partial charge in [0.05, 0.1) is 0 Å². The van der Waals surface area contributed by atoms with Crippen LogP contribution in [0.3, 0.4) is 0 Å². The molecule has 0 unspecified atom stereocenters. The molecule has 0 saturated heterocycles. The van der Waals surface area contributed by atoms with E-state index in [9.17, 15) is 0 Å². The molecule has 0 aliphatic carbocycles. The van der Waals surface area contributed by atoms with Crippen molar-refractivity contribution in [1.82, 2.24) is 0 Å². The fourth-order valence-corrected chi connectivity index (χ4v) is 0. The van der Waals surface area contributed by atoms with Crippen LogP contribution in [0.1, 0.15) is 0 Å². The van der Waals surface area contributed by atoms with Crippen molar-refractivity contribution in [3.63, 3.8) is 0 Å². The average Bonchev–Trinajstić information content (AvgIpc) is 0.918. The van der Waals surface area contributed by atoms with Crippen LogP contribution in [0.15, 0.2) is 0 Å². The van der Waals surface area contributed by atoms with Gasteiger partial charge in [0.15, 0.2) is 0 Å². The molecule has 0 bridgehead atoms. The van der Waals surface area contributed by atoms with Crippen molar-refractivity contribution in [2.24, 2.45) is 0 Å². The second-order valence-electron chi connectivity index (χ2n) is 0.0680. The molecule has 4 heavy (non-hydrogen) atoms. The summed E-state index contributed by atoms with van der Waals surface area (Å²) in [5.41, 5.74) is 0. The summed E-state index contributed by atoms with van der Waals surface area (Å²) in [7, 11) is 0. The molecule has 0 aromatic heterocycles. The third-order valence-electron chi connectivity index (χ3n) is 0. The van der Waals surface area contributed by atoms with Crippen molar-refractivity contribution in [2.45, 2.75) is 0 Å². The third-order valence-corrected chi connectivity index (χ3v) is 0. The van der Waals surface area contributed by atoms with Gasteiger partial charge in [-0.1, -0.05) is 0 Å². The Morgan fingerprint density at radius 3 is 1.25 bits per heavy atom. The Morgan fingerprint density at radius 1 is 1.25 bits per heavy atom. The van der Waals surface area contributed by atoms with E-state index >= 15 is 0 Å². The van der Waals surface area contributed by atoms with E-state index in [1.54, 1.807) is 0 Å². The predicted molar refractivity (Wildman–Crippen MR) is 1.37 cm³/mol. The van der Waals surface area contributed by atoms with E-state index in [0.717, 1.165) is 0 Å². The zero-order chi connectivity index (χ0) is 2.71. The number of halogens is 1. The topological polar surface area (TPSA) is 34.1 Å². The Bertz CT molecular complexity index is 27.0. The van der Waals surface area contributed by atoms with Crippen LogP contribution in [0.4, 0.5) is 0 Å². The molecule has 0 aromatic carbocycles. The van der Waals surface area contributed by atoms with Gasteiger partial charge < -0.3 is 12.4 Å². The van der Waals surface area contributed by atoms with Crippen LogP contribution in [0.2, 0.25) is 0 Å². The fourth-order valence-electron chi connectivity index (χ4n) is 0. The van der Waals surface area contributed by atoms with E-state index < -0.39 is 18.5 Å². The summed E-state index contributed by atoms with van der Waals surface area (Å²) in [5, 5.41) is 0. The van der Waals surface area contributed by atoms with Gasteiger partial charge in [-0.05, 0) is 0 Å². The Hall–Kier alpha value is 0.578. The quantitative estimate of drug-likeness (QED) is 0.352. The summed E-state index contributed by atoms with van der Waals surface area (Å²) in [4.78, 5) is 0. The van der Waals surface area contributed by atoms with Crippen LogP contribution in [-0.4, -0.2) is 0 Å². The molecule has 0 N–H and O–H groups in total. The van der Waals surface area contributed by atoms with Gasteiger partial charge in [0, 0.05) is 0 Å².